The third-order valence-electron chi connectivity index (χ3n) is 1.88. The first-order valence-corrected chi connectivity index (χ1v) is 5.85. The van der Waals surface area contributed by atoms with E-state index in [2.05, 4.69) is 13.8 Å². The summed E-state index contributed by atoms with van der Waals surface area (Å²) in [5.74, 6) is 0.803. The van der Waals surface area contributed by atoms with Gasteiger partial charge in [0.1, 0.15) is 5.78 Å². The van der Waals surface area contributed by atoms with Crippen molar-refractivity contribution in [2.75, 3.05) is 0 Å². The van der Waals surface area contributed by atoms with E-state index < -0.39 is 0 Å². The van der Waals surface area contributed by atoms with Crippen LogP contribution in [0.25, 0.3) is 0 Å². The van der Waals surface area contributed by atoms with Crippen molar-refractivity contribution in [1.82, 2.24) is 0 Å². The summed E-state index contributed by atoms with van der Waals surface area (Å²) in [7, 11) is 4.85. The molecule has 0 bridgehead atoms. The fraction of sp³-hybridized carbons (Fsp3) is 0.500. The zero-order valence-electron chi connectivity index (χ0n) is 10.6. The SMILES string of the molecule is CC(C)CC(=O)Cc1ccccc1.[B]CC. The fourth-order valence-electron chi connectivity index (χ4n) is 1.35. The van der Waals surface area contributed by atoms with Gasteiger partial charge in [-0.1, -0.05) is 57.4 Å². The van der Waals surface area contributed by atoms with Crippen molar-refractivity contribution < 1.29 is 4.79 Å². The number of ketones is 1. The third kappa shape index (κ3) is 8.28. The smallest absolute Gasteiger partial charge is 0.137 e. The van der Waals surface area contributed by atoms with Gasteiger partial charge in [0.25, 0.3) is 0 Å². The summed E-state index contributed by atoms with van der Waals surface area (Å²) in [6, 6.07) is 9.91. The Morgan fingerprint density at radius 2 is 1.75 bits per heavy atom. The number of rotatable bonds is 4. The van der Waals surface area contributed by atoms with Gasteiger partial charge in [0.15, 0.2) is 0 Å². The highest BCUT2D eigenvalue weighted by Gasteiger charge is 2.05. The summed E-state index contributed by atoms with van der Waals surface area (Å²) in [5, 5.41) is 0. The number of hydrogen-bond donors (Lipinski definition) is 0. The molecule has 16 heavy (non-hydrogen) atoms. The Morgan fingerprint density at radius 1 is 1.25 bits per heavy atom. The summed E-state index contributed by atoms with van der Waals surface area (Å²) in [5.41, 5.74) is 1.12. The summed E-state index contributed by atoms with van der Waals surface area (Å²) >= 11 is 0. The maximum atomic E-state index is 11.4. The molecule has 1 aromatic rings. The van der Waals surface area contributed by atoms with Gasteiger partial charge in [-0.3, -0.25) is 4.79 Å². The van der Waals surface area contributed by atoms with Crippen molar-refractivity contribution in [2.45, 2.75) is 39.9 Å². The van der Waals surface area contributed by atoms with Crippen LogP contribution in [0, 0.1) is 5.92 Å². The molecule has 0 heterocycles. The predicted octanol–water partition coefficient (Wildman–Crippen LogP) is 3.44. The molecule has 86 valence electrons. The van der Waals surface area contributed by atoms with Gasteiger partial charge in [0, 0.05) is 12.8 Å². The quantitative estimate of drug-likeness (QED) is 0.704. The number of hydrogen-bond acceptors (Lipinski definition) is 1. The first-order chi connectivity index (χ1) is 7.60. The van der Waals surface area contributed by atoms with Gasteiger partial charge in [0.05, 0.1) is 7.85 Å². The van der Waals surface area contributed by atoms with E-state index in [0.717, 1.165) is 11.9 Å². The van der Waals surface area contributed by atoms with Crippen LogP contribution in [0.2, 0.25) is 6.32 Å². The molecule has 1 aromatic carbocycles. The van der Waals surface area contributed by atoms with Crippen molar-refractivity contribution >= 4 is 13.6 Å². The average Bonchev–Trinajstić information content (AvgIpc) is 2.18. The minimum absolute atomic E-state index is 0.334. The molecule has 0 saturated carbocycles. The molecular weight excluding hydrogens is 195 g/mol. The number of Topliss-reactive ketones (excluding diaryl/α,β-unsaturated/α-hetero) is 1. The second kappa shape index (κ2) is 9.20. The first kappa shape index (κ1) is 15.0. The molecule has 1 rings (SSSR count). The predicted molar refractivity (Wildman–Crippen MR) is 70.8 cm³/mol. The molecule has 0 unspecified atom stereocenters. The number of carbonyl (C=O) groups is 1. The zero-order valence-corrected chi connectivity index (χ0v) is 10.6. The minimum Gasteiger partial charge on any atom is -0.299 e. The fourth-order valence-corrected chi connectivity index (χ4v) is 1.35. The van der Waals surface area contributed by atoms with Gasteiger partial charge in [-0.15, -0.1) is 0 Å². The van der Waals surface area contributed by atoms with Crippen LogP contribution < -0.4 is 0 Å². The van der Waals surface area contributed by atoms with Crippen molar-refractivity contribution in [3.63, 3.8) is 0 Å². The maximum absolute atomic E-state index is 11.4. The Hall–Kier alpha value is -1.05. The second-order valence-electron chi connectivity index (χ2n) is 4.21. The molecule has 0 atom stereocenters. The molecule has 0 aliphatic carbocycles. The van der Waals surface area contributed by atoms with Crippen LogP contribution >= 0.6 is 0 Å². The van der Waals surface area contributed by atoms with E-state index >= 15 is 0 Å². The summed E-state index contributed by atoms with van der Waals surface area (Å²) in [6.07, 6.45) is 2.02. The van der Waals surface area contributed by atoms with Gasteiger partial charge in [-0.05, 0) is 11.5 Å². The van der Waals surface area contributed by atoms with Gasteiger partial charge >= 0.3 is 0 Å². The number of carbonyl (C=O) groups excluding carboxylic acids is 1. The Morgan fingerprint density at radius 3 is 2.19 bits per heavy atom. The van der Waals surface area contributed by atoms with E-state index in [1.54, 1.807) is 0 Å². The second-order valence-corrected chi connectivity index (χ2v) is 4.21. The van der Waals surface area contributed by atoms with E-state index in [0.29, 0.717) is 24.5 Å². The van der Waals surface area contributed by atoms with Gasteiger partial charge in [0.2, 0.25) is 0 Å². The molecule has 0 saturated heterocycles. The molecule has 0 spiro atoms. The Bertz CT molecular complexity index is 280. The Labute approximate surface area is 101 Å². The lowest BCUT2D eigenvalue weighted by Crippen LogP contribution is -2.05. The molecular formula is C14H21BO. The molecule has 0 aliphatic rings. The molecule has 1 nitrogen and oxygen atoms in total. The topological polar surface area (TPSA) is 17.1 Å². The third-order valence-corrected chi connectivity index (χ3v) is 1.88. The van der Waals surface area contributed by atoms with Crippen LogP contribution in [0.1, 0.15) is 32.8 Å². The summed E-state index contributed by atoms with van der Waals surface area (Å²) in [6.45, 7) is 6.05. The van der Waals surface area contributed by atoms with Crippen molar-refractivity contribution in [3.8, 4) is 0 Å². The minimum atomic E-state index is 0.334. The highest BCUT2D eigenvalue weighted by atomic mass is 16.1. The van der Waals surface area contributed by atoms with Crippen LogP contribution in [0.15, 0.2) is 30.3 Å². The van der Waals surface area contributed by atoms with Crippen molar-refractivity contribution in [2.24, 2.45) is 5.92 Å². The van der Waals surface area contributed by atoms with Crippen molar-refractivity contribution in [1.29, 1.82) is 0 Å². The monoisotopic (exact) mass is 216 g/mol. The van der Waals surface area contributed by atoms with Gasteiger partial charge < -0.3 is 0 Å². The molecule has 0 fully saturated rings. The van der Waals surface area contributed by atoms with Crippen LogP contribution in [0.3, 0.4) is 0 Å². The lowest BCUT2D eigenvalue weighted by molar-refractivity contribution is -0.119. The van der Waals surface area contributed by atoms with Gasteiger partial charge in [-0.25, -0.2) is 0 Å². The molecule has 0 N–H and O–H groups in total. The molecule has 0 aliphatic heterocycles. The zero-order chi connectivity index (χ0) is 12.4. The highest BCUT2D eigenvalue weighted by Crippen LogP contribution is 2.06. The maximum Gasteiger partial charge on any atom is 0.137 e. The summed E-state index contributed by atoms with van der Waals surface area (Å²) in [4.78, 5) is 11.4. The van der Waals surface area contributed by atoms with Crippen LogP contribution in [0.5, 0.6) is 0 Å². The first-order valence-electron chi connectivity index (χ1n) is 5.85. The van der Waals surface area contributed by atoms with E-state index in [1.807, 2.05) is 37.3 Å². The molecule has 0 aromatic heterocycles. The molecule has 2 heteroatoms. The van der Waals surface area contributed by atoms with E-state index in [-0.39, 0.29) is 0 Å². The standard InChI is InChI=1S/C12H16O.C2H5B/c1-10(2)8-12(13)9-11-6-4-3-5-7-11;1-2-3/h3-7,10H,8-9H2,1-2H3;2H2,1H3. The molecule has 0 amide bonds. The highest BCUT2D eigenvalue weighted by molar-refractivity contribution is 6.08. The van der Waals surface area contributed by atoms with E-state index in [1.165, 1.54) is 0 Å². The largest absolute Gasteiger partial charge is 0.299 e. The van der Waals surface area contributed by atoms with E-state index in [9.17, 15) is 4.79 Å². The van der Waals surface area contributed by atoms with Crippen LogP contribution in [-0.2, 0) is 11.2 Å². The molecule has 2 radical (unpaired) electrons. The van der Waals surface area contributed by atoms with Gasteiger partial charge in [-0.2, -0.15) is 0 Å². The average molecular weight is 216 g/mol. The lowest BCUT2D eigenvalue weighted by Gasteiger charge is -2.03. The van der Waals surface area contributed by atoms with E-state index in [4.69, 9.17) is 7.85 Å². The summed E-state index contributed by atoms with van der Waals surface area (Å²) < 4.78 is 0. The van der Waals surface area contributed by atoms with Crippen LogP contribution in [0.4, 0.5) is 0 Å². The van der Waals surface area contributed by atoms with Crippen LogP contribution in [-0.4, -0.2) is 13.6 Å². The Balaban J connectivity index is 0.000000673. The Kier molecular flexibility index (Phi) is 8.60. The van der Waals surface area contributed by atoms with Crippen molar-refractivity contribution in [3.05, 3.63) is 35.9 Å². The normalized spacial score (nSPS) is 9.50. The lowest BCUT2D eigenvalue weighted by atomic mass is 10.0. The number of benzene rings is 1.